The second-order valence-corrected chi connectivity index (χ2v) is 11.0. The molecule has 1 spiro atoms. The van der Waals surface area contributed by atoms with Crippen molar-refractivity contribution >= 4 is 34.0 Å². The van der Waals surface area contributed by atoms with Crippen LogP contribution in [0.15, 0.2) is 23.6 Å². The lowest BCUT2D eigenvalue weighted by Gasteiger charge is -2.38. The van der Waals surface area contributed by atoms with Crippen LogP contribution in [0.4, 0.5) is 10.8 Å². The van der Waals surface area contributed by atoms with Crippen LogP contribution in [-0.4, -0.2) is 79.8 Å². The third kappa shape index (κ3) is 6.31. The Bertz CT molecular complexity index is 1080. The summed E-state index contributed by atoms with van der Waals surface area (Å²) in [5.41, 5.74) is 2.43. The first-order valence-electron chi connectivity index (χ1n) is 13.4. The lowest BCUT2D eigenvalue weighted by Crippen LogP contribution is -2.44. The normalized spacial score (nSPS) is 19.8. The van der Waals surface area contributed by atoms with Crippen molar-refractivity contribution in [3.05, 3.63) is 40.4 Å². The highest BCUT2D eigenvalue weighted by molar-refractivity contribution is 7.14. The number of rotatable bonds is 8. The highest BCUT2D eigenvalue weighted by Gasteiger charge is 2.38. The van der Waals surface area contributed by atoms with Gasteiger partial charge in [-0.3, -0.25) is 14.5 Å². The van der Waals surface area contributed by atoms with Crippen molar-refractivity contribution in [1.29, 1.82) is 0 Å². The van der Waals surface area contributed by atoms with E-state index in [0.29, 0.717) is 23.5 Å². The smallest absolute Gasteiger partial charge is 0.275 e. The average Bonchev–Trinajstić information content (AvgIpc) is 3.60. The van der Waals surface area contributed by atoms with Crippen molar-refractivity contribution in [3.8, 4) is 0 Å². The molecule has 2 aromatic rings. The molecule has 1 aromatic heterocycles. The first-order valence-corrected chi connectivity index (χ1v) is 14.3. The Morgan fingerprint density at radius 1 is 1.08 bits per heavy atom. The summed E-state index contributed by atoms with van der Waals surface area (Å²) in [6, 6.07) is 5.69. The Morgan fingerprint density at radius 3 is 2.62 bits per heavy atom. The second kappa shape index (κ2) is 11.9. The number of hydrogen-bond donors (Lipinski definition) is 2. The van der Waals surface area contributed by atoms with E-state index in [2.05, 4.69) is 25.4 Å². The number of piperidine rings is 1. The molecule has 3 aliphatic heterocycles. The molecule has 2 amide bonds. The molecule has 2 N–H and O–H groups in total. The Morgan fingerprint density at radius 2 is 1.89 bits per heavy atom. The monoisotopic (exact) mass is 527 g/mol. The van der Waals surface area contributed by atoms with E-state index in [0.717, 1.165) is 95.3 Å². The van der Waals surface area contributed by atoms with Crippen LogP contribution < -0.4 is 15.5 Å². The molecular formula is C27H37N5O4S. The topological polar surface area (TPSA) is 96.0 Å². The highest BCUT2D eigenvalue weighted by Crippen LogP contribution is 2.37. The van der Waals surface area contributed by atoms with Gasteiger partial charge in [-0.2, -0.15) is 0 Å². The van der Waals surface area contributed by atoms with Gasteiger partial charge in [0.25, 0.3) is 11.8 Å². The minimum Gasteiger partial charge on any atom is -0.379 e. The van der Waals surface area contributed by atoms with E-state index in [1.165, 1.54) is 11.3 Å². The van der Waals surface area contributed by atoms with Crippen molar-refractivity contribution < 1.29 is 19.1 Å². The molecule has 0 bridgehead atoms. The number of benzene rings is 1. The van der Waals surface area contributed by atoms with Crippen LogP contribution in [0, 0.1) is 0 Å². The maximum atomic E-state index is 13.1. The van der Waals surface area contributed by atoms with Crippen LogP contribution in [-0.2, 0) is 16.0 Å². The Labute approximate surface area is 222 Å². The maximum Gasteiger partial charge on any atom is 0.275 e. The van der Waals surface area contributed by atoms with Gasteiger partial charge in [0.15, 0.2) is 5.13 Å². The summed E-state index contributed by atoms with van der Waals surface area (Å²) in [7, 11) is 0. The zero-order valence-electron chi connectivity index (χ0n) is 21.6. The van der Waals surface area contributed by atoms with Gasteiger partial charge in [-0.15, -0.1) is 11.3 Å². The number of nitrogens with zero attached hydrogens (tertiary/aromatic N) is 3. The fourth-order valence-corrected chi connectivity index (χ4v) is 6.15. The van der Waals surface area contributed by atoms with Gasteiger partial charge in [-0.1, -0.05) is 13.0 Å². The van der Waals surface area contributed by atoms with Crippen LogP contribution in [0.25, 0.3) is 0 Å². The molecule has 3 aliphatic rings. The molecule has 10 heteroatoms. The highest BCUT2D eigenvalue weighted by atomic mass is 32.1. The Hall–Kier alpha value is -2.53. The third-order valence-electron chi connectivity index (χ3n) is 7.48. The molecule has 1 aromatic carbocycles. The molecule has 0 saturated carbocycles. The van der Waals surface area contributed by atoms with E-state index >= 15 is 0 Å². The quantitative estimate of drug-likeness (QED) is 0.542. The lowest BCUT2D eigenvalue weighted by molar-refractivity contribution is -0.0146. The zero-order chi connectivity index (χ0) is 25.7. The van der Waals surface area contributed by atoms with Gasteiger partial charge < -0.3 is 25.0 Å². The maximum absolute atomic E-state index is 13.1. The van der Waals surface area contributed by atoms with E-state index in [1.54, 1.807) is 5.38 Å². The average molecular weight is 528 g/mol. The summed E-state index contributed by atoms with van der Waals surface area (Å²) in [5, 5.41) is 8.55. The molecule has 0 radical (unpaired) electrons. The minimum atomic E-state index is -0.305. The summed E-state index contributed by atoms with van der Waals surface area (Å²) < 4.78 is 11.5. The number of aromatic nitrogens is 1. The number of hydrogen-bond acceptors (Lipinski definition) is 8. The number of amides is 2. The summed E-state index contributed by atoms with van der Waals surface area (Å²) in [6.07, 6.45) is 5.13. The van der Waals surface area contributed by atoms with E-state index in [9.17, 15) is 9.59 Å². The number of ether oxygens (including phenoxy) is 2. The molecule has 0 aliphatic carbocycles. The van der Waals surface area contributed by atoms with Crippen LogP contribution in [0.2, 0.25) is 0 Å². The molecule has 3 saturated heterocycles. The zero-order valence-corrected chi connectivity index (χ0v) is 22.4. The number of anilines is 2. The van der Waals surface area contributed by atoms with Crippen molar-refractivity contribution in [2.24, 2.45) is 0 Å². The van der Waals surface area contributed by atoms with Gasteiger partial charge >= 0.3 is 0 Å². The molecular weight excluding hydrogens is 490 g/mol. The van der Waals surface area contributed by atoms with Crippen molar-refractivity contribution in [2.75, 3.05) is 62.8 Å². The largest absolute Gasteiger partial charge is 0.379 e. The molecule has 200 valence electrons. The number of nitrogens with one attached hydrogen (secondary N) is 2. The van der Waals surface area contributed by atoms with Crippen LogP contribution in [0.5, 0.6) is 0 Å². The number of morpholine rings is 1. The number of thiazole rings is 1. The minimum absolute atomic E-state index is 0.0522. The van der Waals surface area contributed by atoms with Crippen LogP contribution in [0.3, 0.4) is 0 Å². The number of carbonyl (C=O) groups is 2. The van der Waals surface area contributed by atoms with Crippen LogP contribution >= 0.6 is 11.3 Å². The molecule has 9 nitrogen and oxygen atoms in total. The van der Waals surface area contributed by atoms with Gasteiger partial charge in [0, 0.05) is 51.3 Å². The fourth-order valence-electron chi connectivity index (χ4n) is 5.29. The molecule has 3 fully saturated rings. The van der Waals surface area contributed by atoms with Gasteiger partial charge in [-0.25, -0.2) is 4.98 Å². The van der Waals surface area contributed by atoms with Crippen molar-refractivity contribution in [2.45, 2.75) is 51.2 Å². The Balaban J connectivity index is 1.26. The molecule has 5 rings (SSSR count). The summed E-state index contributed by atoms with van der Waals surface area (Å²) in [5.74, 6) is -0.489. The van der Waals surface area contributed by atoms with Crippen molar-refractivity contribution in [3.63, 3.8) is 0 Å². The second-order valence-electron chi connectivity index (χ2n) is 10.1. The lowest BCUT2D eigenvalue weighted by atomic mass is 9.89. The predicted molar refractivity (Wildman–Crippen MR) is 145 cm³/mol. The van der Waals surface area contributed by atoms with E-state index in [1.807, 2.05) is 25.1 Å². The summed E-state index contributed by atoms with van der Waals surface area (Å²) in [4.78, 5) is 35.3. The molecule has 0 atom stereocenters. The van der Waals surface area contributed by atoms with Gasteiger partial charge in [0.2, 0.25) is 0 Å². The molecule has 4 heterocycles. The third-order valence-corrected chi connectivity index (χ3v) is 8.38. The number of carbonyl (C=O) groups excluding carboxylic acids is 2. The first kappa shape index (κ1) is 26.1. The van der Waals surface area contributed by atoms with Gasteiger partial charge in [0.05, 0.1) is 30.1 Å². The summed E-state index contributed by atoms with van der Waals surface area (Å²) >= 11 is 1.49. The van der Waals surface area contributed by atoms with E-state index in [-0.39, 0.29) is 17.4 Å². The van der Waals surface area contributed by atoms with E-state index in [4.69, 9.17) is 9.47 Å². The van der Waals surface area contributed by atoms with Crippen LogP contribution in [0.1, 0.15) is 65.4 Å². The van der Waals surface area contributed by atoms with E-state index < -0.39 is 0 Å². The standard InChI is InChI=1S/C27H37N5O4S/c1-2-9-28-24(33)21-17-20(18-31-12-15-35-16-13-31)4-5-22(21)29-25(34)23-19-37-26(30-23)32-10-7-27(8-11-32)6-3-14-36-27/h4-5,17,19H,2-3,6-16,18H2,1H3,(H,28,33)(H,29,34). The van der Waals surface area contributed by atoms with Crippen molar-refractivity contribution in [1.82, 2.24) is 15.2 Å². The van der Waals surface area contributed by atoms with Gasteiger partial charge in [-0.05, 0) is 49.8 Å². The summed E-state index contributed by atoms with van der Waals surface area (Å²) in [6.45, 7) is 9.16. The molecule has 37 heavy (non-hydrogen) atoms. The fraction of sp³-hybridized carbons (Fsp3) is 0.593. The first-order chi connectivity index (χ1) is 18.0. The van der Waals surface area contributed by atoms with Gasteiger partial charge in [0.1, 0.15) is 5.69 Å². The SMILES string of the molecule is CCCNC(=O)c1cc(CN2CCOCC2)ccc1NC(=O)c1csc(N2CCC3(CCCO3)CC2)n1. The Kier molecular flexibility index (Phi) is 8.39. The molecule has 0 unspecified atom stereocenters. The predicted octanol–water partition coefficient (Wildman–Crippen LogP) is 3.52.